The van der Waals surface area contributed by atoms with E-state index in [1.165, 1.54) is 12.0 Å². The van der Waals surface area contributed by atoms with Crippen LogP contribution in [0.1, 0.15) is 30.1 Å². The van der Waals surface area contributed by atoms with Crippen molar-refractivity contribution in [2.24, 2.45) is 5.92 Å². The Balaban J connectivity index is 1.51. The lowest BCUT2D eigenvalue weighted by Gasteiger charge is -2.17. The fourth-order valence-electron chi connectivity index (χ4n) is 3.32. The highest BCUT2D eigenvalue weighted by Crippen LogP contribution is 2.26. The van der Waals surface area contributed by atoms with E-state index in [9.17, 15) is 19.2 Å². The molecule has 1 atom stereocenters. The van der Waals surface area contributed by atoms with Gasteiger partial charge < -0.3 is 24.4 Å². The number of hydrogen-bond acceptors (Lipinski definition) is 7. The van der Waals surface area contributed by atoms with Crippen LogP contribution in [0.3, 0.4) is 0 Å². The van der Waals surface area contributed by atoms with Gasteiger partial charge in [0.2, 0.25) is 5.91 Å². The first kappa shape index (κ1) is 23.8. The van der Waals surface area contributed by atoms with Gasteiger partial charge in [-0.3, -0.25) is 14.4 Å². The number of anilines is 2. The molecule has 0 radical (unpaired) electrons. The van der Waals surface area contributed by atoms with Crippen LogP contribution in [0.15, 0.2) is 48.5 Å². The Morgan fingerprint density at radius 1 is 1.09 bits per heavy atom. The van der Waals surface area contributed by atoms with Crippen molar-refractivity contribution in [3.63, 3.8) is 0 Å². The quantitative estimate of drug-likeness (QED) is 0.580. The summed E-state index contributed by atoms with van der Waals surface area (Å²) in [6.45, 7) is 1.92. The SMILES string of the molecule is CCCOC(=O)c1ccc(N2C[C@@H](C(=O)OCC(=O)Nc3cccc(OC)c3)CC2=O)cc1. The van der Waals surface area contributed by atoms with E-state index in [0.717, 1.165) is 6.42 Å². The fourth-order valence-corrected chi connectivity index (χ4v) is 3.32. The molecule has 0 unspecified atom stereocenters. The van der Waals surface area contributed by atoms with E-state index in [1.807, 2.05) is 6.92 Å². The number of hydrogen-bond donors (Lipinski definition) is 1. The number of benzene rings is 2. The zero-order valence-corrected chi connectivity index (χ0v) is 18.5. The smallest absolute Gasteiger partial charge is 0.338 e. The lowest BCUT2D eigenvalue weighted by Crippen LogP contribution is -2.28. The van der Waals surface area contributed by atoms with Gasteiger partial charge in [-0.05, 0) is 42.8 Å². The van der Waals surface area contributed by atoms with Gasteiger partial charge in [0, 0.05) is 30.4 Å². The van der Waals surface area contributed by atoms with Crippen molar-refractivity contribution in [1.82, 2.24) is 0 Å². The number of esters is 2. The number of amides is 2. The van der Waals surface area contributed by atoms with Crippen molar-refractivity contribution in [3.8, 4) is 5.75 Å². The molecule has 1 aliphatic rings. The number of carbonyl (C=O) groups excluding carboxylic acids is 4. The van der Waals surface area contributed by atoms with Gasteiger partial charge in [-0.1, -0.05) is 13.0 Å². The molecule has 2 amide bonds. The first-order valence-corrected chi connectivity index (χ1v) is 10.6. The van der Waals surface area contributed by atoms with Crippen molar-refractivity contribution in [3.05, 3.63) is 54.1 Å². The van der Waals surface area contributed by atoms with Crippen LogP contribution >= 0.6 is 0 Å². The molecule has 2 aromatic carbocycles. The highest BCUT2D eigenvalue weighted by atomic mass is 16.5. The van der Waals surface area contributed by atoms with Crippen LogP contribution in [0.25, 0.3) is 0 Å². The average Bonchev–Trinajstić information content (AvgIpc) is 3.22. The van der Waals surface area contributed by atoms with Crippen LogP contribution in [-0.4, -0.2) is 50.6 Å². The van der Waals surface area contributed by atoms with E-state index in [0.29, 0.717) is 29.3 Å². The fraction of sp³-hybridized carbons (Fsp3) is 0.333. The summed E-state index contributed by atoms with van der Waals surface area (Å²) in [4.78, 5) is 50.3. The summed E-state index contributed by atoms with van der Waals surface area (Å²) < 4.78 is 15.3. The number of ether oxygens (including phenoxy) is 3. The normalized spacial score (nSPS) is 15.2. The summed E-state index contributed by atoms with van der Waals surface area (Å²) in [5.41, 5.74) is 1.47. The lowest BCUT2D eigenvalue weighted by molar-refractivity contribution is -0.151. The van der Waals surface area contributed by atoms with Crippen LogP contribution in [0, 0.1) is 5.92 Å². The van der Waals surface area contributed by atoms with Gasteiger partial charge >= 0.3 is 11.9 Å². The average molecular weight is 454 g/mol. The van der Waals surface area contributed by atoms with Crippen LogP contribution in [-0.2, 0) is 23.9 Å². The van der Waals surface area contributed by atoms with E-state index in [-0.39, 0.29) is 18.9 Å². The summed E-state index contributed by atoms with van der Waals surface area (Å²) in [5, 5.41) is 2.62. The number of methoxy groups -OCH3 is 1. The van der Waals surface area contributed by atoms with Crippen LogP contribution in [0.4, 0.5) is 11.4 Å². The molecular formula is C24H26N2O7. The maximum atomic E-state index is 12.4. The Hall–Kier alpha value is -3.88. The largest absolute Gasteiger partial charge is 0.497 e. The van der Waals surface area contributed by atoms with Gasteiger partial charge in [-0.25, -0.2) is 4.79 Å². The number of nitrogens with one attached hydrogen (secondary N) is 1. The maximum absolute atomic E-state index is 12.4. The van der Waals surface area contributed by atoms with Gasteiger partial charge in [0.25, 0.3) is 5.91 Å². The zero-order chi connectivity index (χ0) is 23.8. The maximum Gasteiger partial charge on any atom is 0.338 e. The lowest BCUT2D eigenvalue weighted by atomic mass is 10.1. The molecular weight excluding hydrogens is 428 g/mol. The van der Waals surface area contributed by atoms with Gasteiger partial charge in [0.05, 0.1) is 25.2 Å². The number of rotatable bonds is 9. The standard InChI is InChI=1S/C24H26N2O7/c1-3-11-32-23(29)16-7-9-19(10-8-16)26-14-17(12-22(26)28)24(30)33-15-21(27)25-18-5-4-6-20(13-18)31-2/h4-10,13,17H,3,11-12,14-15H2,1-2H3,(H,25,27)/t17-/m0/s1. The van der Waals surface area contributed by atoms with E-state index in [4.69, 9.17) is 14.2 Å². The van der Waals surface area contributed by atoms with Crippen molar-refractivity contribution in [2.75, 3.05) is 37.1 Å². The Labute approximate surface area is 191 Å². The predicted molar refractivity (Wildman–Crippen MR) is 120 cm³/mol. The van der Waals surface area contributed by atoms with E-state index >= 15 is 0 Å². The summed E-state index contributed by atoms with van der Waals surface area (Å²) in [6.07, 6.45) is 0.711. The molecule has 0 aliphatic carbocycles. The summed E-state index contributed by atoms with van der Waals surface area (Å²) in [6, 6.07) is 13.2. The molecule has 0 saturated carbocycles. The molecule has 0 spiro atoms. The van der Waals surface area contributed by atoms with E-state index in [1.54, 1.807) is 48.5 Å². The van der Waals surface area contributed by atoms with Crippen molar-refractivity contribution in [2.45, 2.75) is 19.8 Å². The molecule has 9 nitrogen and oxygen atoms in total. The molecule has 174 valence electrons. The number of carbonyl (C=O) groups is 4. The van der Waals surface area contributed by atoms with Crippen LogP contribution < -0.4 is 15.0 Å². The molecule has 1 heterocycles. The first-order chi connectivity index (χ1) is 15.9. The second-order valence-electron chi connectivity index (χ2n) is 7.48. The van der Waals surface area contributed by atoms with Gasteiger partial charge in [-0.2, -0.15) is 0 Å². The molecule has 1 aliphatic heterocycles. The van der Waals surface area contributed by atoms with Crippen LogP contribution in [0.2, 0.25) is 0 Å². The summed E-state index contributed by atoms with van der Waals surface area (Å²) in [5.74, 6) is -1.88. The van der Waals surface area contributed by atoms with Crippen LogP contribution in [0.5, 0.6) is 5.75 Å². The van der Waals surface area contributed by atoms with Crippen molar-refractivity contribution >= 4 is 35.1 Å². The first-order valence-electron chi connectivity index (χ1n) is 10.6. The van der Waals surface area contributed by atoms with Gasteiger partial charge in [-0.15, -0.1) is 0 Å². The second-order valence-corrected chi connectivity index (χ2v) is 7.48. The minimum atomic E-state index is -0.684. The highest BCUT2D eigenvalue weighted by molar-refractivity contribution is 6.00. The molecule has 1 saturated heterocycles. The Kier molecular flexibility index (Phi) is 8.01. The zero-order valence-electron chi connectivity index (χ0n) is 18.5. The molecule has 1 fully saturated rings. The minimum absolute atomic E-state index is 0.0172. The molecule has 9 heteroatoms. The van der Waals surface area contributed by atoms with E-state index < -0.39 is 30.4 Å². The van der Waals surface area contributed by atoms with E-state index in [2.05, 4.69) is 5.32 Å². The summed E-state index contributed by atoms with van der Waals surface area (Å²) in [7, 11) is 1.52. The molecule has 2 aromatic rings. The van der Waals surface area contributed by atoms with Gasteiger partial charge in [0.1, 0.15) is 5.75 Å². The molecule has 0 aromatic heterocycles. The second kappa shape index (κ2) is 11.1. The third-order valence-corrected chi connectivity index (χ3v) is 5.01. The highest BCUT2D eigenvalue weighted by Gasteiger charge is 2.36. The van der Waals surface area contributed by atoms with Gasteiger partial charge in [0.15, 0.2) is 6.61 Å². The Bertz CT molecular complexity index is 1020. The summed E-state index contributed by atoms with van der Waals surface area (Å²) >= 11 is 0. The third kappa shape index (κ3) is 6.31. The number of nitrogens with zero attached hydrogens (tertiary/aromatic N) is 1. The predicted octanol–water partition coefficient (Wildman–Crippen LogP) is 2.80. The monoisotopic (exact) mass is 454 g/mol. The van der Waals surface area contributed by atoms with Crippen molar-refractivity contribution in [1.29, 1.82) is 0 Å². The Morgan fingerprint density at radius 3 is 2.55 bits per heavy atom. The minimum Gasteiger partial charge on any atom is -0.497 e. The topological polar surface area (TPSA) is 111 Å². The third-order valence-electron chi connectivity index (χ3n) is 5.01. The van der Waals surface area contributed by atoms with Crippen molar-refractivity contribution < 1.29 is 33.4 Å². The molecule has 3 rings (SSSR count). The molecule has 1 N–H and O–H groups in total. The Morgan fingerprint density at radius 2 is 1.85 bits per heavy atom. The molecule has 0 bridgehead atoms. The molecule has 33 heavy (non-hydrogen) atoms.